The number of nitrogens with two attached hydrogens (primary N) is 1. The van der Waals surface area contributed by atoms with Crippen LogP contribution in [-0.4, -0.2) is 30.7 Å². The van der Waals surface area contributed by atoms with Gasteiger partial charge in [-0.15, -0.1) is 0 Å². The third-order valence-corrected chi connectivity index (χ3v) is 2.32. The molecule has 1 atom stereocenters. The minimum absolute atomic E-state index is 0.245. The number of hydrogen-bond acceptors (Lipinski definition) is 3. The number of carbonyl (C=O) groups excluding carboxylic acids is 1. The highest BCUT2D eigenvalue weighted by atomic mass is 16.5. The Labute approximate surface area is 92.6 Å². The molecule has 90 valence electrons. The molecule has 0 spiro atoms. The van der Waals surface area contributed by atoms with Crippen LogP contribution < -0.4 is 11.1 Å². The maximum Gasteiger partial charge on any atom is 0.237 e. The molecule has 3 N–H and O–H groups in total. The summed E-state index contributed by atoms with van der Waals surface area (Å²) in [7, 11) is 0. The van der Waals surface area contributed by atoms with Crippen LogP contribution in [0.5, 0.6) is 0 Å². The van der Waals surface area contributed by atoms with Gasteiger partial charge in [0.25, 0.3) is 0 Å². The summed E-state index contributed by atoms with van der Waals surface area (Å²) < 4.78 is 5.23. The first kappa shape index (κ1) is 14.4. The molecule has 1 amide bonds. The highest BCUT2D eigenvalue weighted by Crippen LogP contribution is 2.13. The molecule has 0 aromatic rings. The number of amides is 1. The number of primary amides is 1. The molecule has 0 heterocycles. The minimum Gasteiger partial charge on any atom is -0.382 e. The van der Waals surface area contributed by atoms with Crippen LogP contribution in [0.1, 0.15) is 40.5 Å². The Kier molecular flexibility index (Phi) is 6.52. The fourth-order valence-corrected chi connectivity index (χ4v) is 1.58. The lowest BCUT2D eigenvalue weighted by Gasteiger charge is -2.29. The van der Waals surface area contributed by atoms with E-state index in [-0.39, 0.29) is 11.9 Å². The lowest BCUT2D eigenvalue weighted by molar-refractivity contribution is -0.124. The monoisotopic (exact) mass is 216 g/mol. The molecule has 0 fully saturated rings. The van der Waals surface area contributed by atoms with Crippen molar-refractivity contribution in [1.82, 2.24) is 5.32 Å². The second-order valence-corrected chi connectivity index (χ2v) is 4.30. The van der Waals surface area contributed by atoms with E-state index in [2.05, 4.69) is 5.32 Å². The van der Waals surface area contributed by atoms with Crippen LogP contribution in [-0.2, 0) is 9.53 Å². The number of carbonyl (C=O) groups is 1. The molecular weight excluding hydrogens is 192 g/mol. The van der Waals surface area contributed by atoms with Crippen molar-refractivity contribution in [3.8, 4) is 0 Å². The van der Waals surface area contributed by atoms with Crippen molar-refractivity contribution < 1.29 is 9.53 Å². The van der Waals surface area contributed by atoms with E-state index in [1.165, 1.54) is 0 Å². The van der Waals surface area contributed by atoms with Crippen LogP contribution in [0.15, 0.2) is 0 Å². The van der Waals surface area contributed by atoms with E-state index in [0.717, 1.165) is 6.42 Å². The summed E-state index contributed by atoms with van der Waals surface area (Å²) >= 11 is 0. The SMILES string of the molecule is CCOCCCC(C)(NC(C)C)C(N)=O. The lowest BCUT2D eigenvalue weighted by Crippen LogP contribution is -2.55. The van der Waals surface area contributed by atoms with Gasteiger partial charge in [-0.25, -0.2) is 0 Å². The molecule has 0 aliphatic carbocycles. The Morgan fingerprint density at radius 2 is 2.13 bits per heavy atom. The quantitative estimate of drug-likeness (QED) is 0.596. The van der Waals surface area contributed by atoms with Gasteiger partial charge in [0.1, 0.15) is 0 Å². The zero-order chi connectivity index (χ0) is 11.9. The molecular formula is C11H24N2O2. The van der Waals surface area contributed by atoms with E-state index in [9.17, 15) is 4.79 Å². The fourth-order valence-electron chi connectivity index (χ4n) is 1.58. The molecule has 0 aliphatic rings. The summed E-state index contributed by atoms with van der Waals surface area (Å²) in [6.45, 7) is 9.21. The molecule has 0 aromatic heterocycles. The summed E-state index contributed by atoms with van der Waals surface area (Å²) in [6.07, 6.45) is 1.55. The Hall–Kier alpha value is -0.610. The Morgan fingerprint density at radius 1 is 1.53 bits per heavy atom. The smallest absolute Gasteiger partial charge is 0.237 e. The number of ether oxygens (including phenoxy) is 1. The van der Waals surface area contributed by atoms with Gasteiger partial charge in [0.05, 0.1) is 5.54 Å². The zero-order valence-corrected chi connectivity index (χ0v) is 10.3. The van der Waals surface area contributed by atoms with Crippen LogP contribution in [0.3, 0.4) is 0 Å². The Morgan fingerprint density at radius 3 is 2.53 bits per heavy atom. The van der Waals surface area contributed by atoms with Crippen molar-refractivity contribution in [2.75, 3.05) is 13.2 Å². The topological polar surface area (TPSA) is 64.3 Å². The van der Waals surface area contributed by atoms with Gasteiger partial charge >= 0.3 is 0 Å². The molecule has 1 unspecified atom stereocenters. The van der Waals surface area contributed by atoms with Crippen molar-refractivity contribution >= 4 is 5.91 Å². The Bertz CT molecular complexity index is 195. The van der Waals surface area contributed by atoms with Gasteiger partial charge in [0.2, 0.25) is 5.91 Å². The predicted octanol–water partition coefficient (Wildman–Crippen LogP) is 1.05. The van der Waals surface area contributed by atoms with Crippen LogP contribution in [0.4, 0.5) is 0 Å². The molecule has 0 aliphatic heterocycles. The van der Waals surface area contributed by atoms with E-state index in [0.29, 0.717) is 19.6 Å². The predicted molar refractivity (Wildman–Crippen MR) is 61.6 cm³/mol. The fraction of sp³-hybridized carbons (Fsp3) is 0.909. The first-order valence-corrected chi connectivity index (χ1v) is 5.57. The first-order valence-electron chi connectivity index (χ1n) is 5.57. The largest absolute Gasteiger partial charge is 0.382 e. The van der Waals surface area contributed by atoms with E-state index in [1.807, 2.05) is 27.7 Å². The molecule has 4 nitrogen and oxygen atoms in total. The van der Waals surface area contributed by atoms with Crippen molar-refractivity contribution in [1.29, 1.82) is 0 Å². The van der Waals surface area contributed by atoms with Gasteiger partial charge in [-0.1, -0.05) is 0 Å². The molecule has 0 bridgehead atoms. The van der Waals surface area contributed by atoms with Crippen molar-refractivity contribution in [3.63, 3.8) is 0 Å². The van der Waals surface area contributed by atoms with Gasteiger partial charge < -0.3 is 15.8 Å². The van der Waals surface area contributed by atoms with E-state index < -0.39 is 5.54 Å². The van der Waals surface area contributed by atoms with Crippen LogP contribution in [0.2, 0.25) is 0 Å². The third kappa shape index (κ3) is 5.74. The van der Waals surface area contributed by atoms with E-state index >= 15 is 0 Å². The number of rotatable bonds is 8. The second-order valence-electron chi connectivity index (χ2n) is 4.30. The summed E-state index contributed by atoms with van der Waals surface area (Å²) in [6, 6.07) is 0.245. The lowest BCUT2D eigenvalue weighted by atomic mass is 9.94. The second kappa shape index (κ2) is 6.80. The highest BCUT2D eigenvalue weighted by Gasteiger charge is 2.30. The highest BCUT2D eigenvalue weighted by molar-refractivity contribution is 5.84. The maximum absolute atomic E-state index is 11.3. The van der Waals surface area contributed by atoms with Crippen molar-refractivity contribution in [2.24, 2.45) is 5.73 Å². The Balaban J connectivity index is 4.08. The zero-order valence-electron chi connectivity index (χ0n) is 10.3. The van der Waals surface area contributed by atoms with E-state index in [1.54, 1.807) is 0 Å². The van der Waals surface area contributed by atoms with Gasteiger partial charge in [0, 0.05) is 19.3 Å². The number of nitrogens with one attached hydrogen (secondary N) is 1. The van der Waals surface area contributed by atoms with Gasteiger partial charge in [-0.05, 0) is 40.5 Å². The molecule has 0 aromatic carbocycles. The average molecular weight is 216 g/mol. The summed E-state index contributed by atoms with van der Waals surface area (Å²) in [5.41, 5.74) is 4.77. The summed E-state index contributed by atoms with van der Waals surface area (Å²) in [4.78, 5) is 11.3. The molecule has 0 saturated heterocycles. The molecule has 0 saturated carbocycles. The first-order chi connectivity index (χ1) is 6.92. The molecule has 4 heteroatoms. The van der Waals surface area contributed by atoms with Crippen LogP contribution in [0, 0.1) is 0 Å². The minimum atomic E-state index is -0.620. The van der Waals surface area contributed by atoms with Gasteiger partial charge in [0.15, 0.2) is 0 Å². The number of hydrogen-bond donors (Lipinski definition) is 2. The van der Waals surface area contributed by atoms with Crippen LogP contribution >= 0.6 is 0 Å². The van der Waals surface area contributed by atoms with Gasteiger partial charge in [-0.3, -0.25) is 4.79 Å². The molecule has 15 heavy (non-hydrogen) atoms. The van der Waals surface area contributed by atoms with Crippen molar-refractivity contribution in [3.05, 3.63) is 0 Å². The standard InChI is InChI=1S/C11H24N2O2/c1-5-15-8-6-7-11(4,10(12)14)13-9(2)3/h9,13H,5-8H2,1-4H3,(H2,12,14). The van der Waals surface area contributed by atoms with E-state index in [4.69, 9.17) is 10.5 Å². The molecule has 0 radical (unpaired) electrons. The average Bonchev–Trinajstić information content (AvgIpc) is 2.11. The summed E-state index contributed by atoms with van der Waals surface area (Å²) in [5.74, 6) is -0.298. The normalized spacial score (nSPS) is 15.3. The summed E-state index contributed by atoms with van der Waals surface area (Å²) in [5, 5.41) is 3.20. The van der Waals surface area contributed by atoms with Gasteiger partial charge in [-0.2, -0.15) is 0 Å². The van der Waals surface area contributed by atoms with Crippen LogP contribution in [0.25, 0.3) is 0 Å². The molecule has 0 rings (SSSR count). The van der Waals surface area contributed by atoms with Crippen molar-refractivity contribution in [2.45, 2.75) is 52.1 Å². The third-order valence-electron chi connectivity index (χ3n) is 2.32. The maximum atomic E-state index is 11.3.